The Hall–Kier alpha value is -1.43. The number of thiazole rings is 1. The first-order valence-electron chi connectivity index (χ1n) is 6.34. The topological polar surface area (TPSA) is 77.8 Å². The third-order valence-electron chi connectivity index (χ3n) is 4.25. The van der Waals surface area contributed by atoms with Gasteiger partial charge in [0.1, 0.15) is 5.69 Å². The van der Waals surface area contributed by atoms with Crippen molar-refractivity contribution < 1.29 is 4.52 Å². The maximum absolute atomic E-state index is 5.61. The molecule has 3 unspecified atom stereocenters. The second-order valence-electron chi connectivity index (χ2n) is 5.31. The zero-order valence-electron chi connectivity index (χ0n) is 9.87. The lowest BCUT2D eigenvalue weighted by Gasteiger charge is -2.17. The lowest BCUT2D eigenvalue weighted by Crippen LogP contribution is -2.09. The van der Waals surface area contributed by atoms with Gasteiger partial charge in [-0.25, -0.2) is 4.98 Å². The highest BCUT2D eigenvalue weighted by Gasteiger charge is 2.42. The molecule has 0 aliphatic heterocycles. The maximum Gasteiger partial charge on any atom is 0.277 e. The monoisotopic (exact) mass is 262 g/mol. The van der Waals surface area contributed by atoms with Crippen LogP contribution in [0.1, 0.15) is 37.4 Å². The molecule has 2 aromatic heterocycles. The molecular formula is C12H14N4OS. The number of aromatic nitrogens is 3. The average molecular weight is 262 g/mol. The van der Waals surface area contributed by atoms with Gasteiger partial charge in [-0.05, 0) is 31.1 Å². The fourth-order valence-electron chi connectivity index (χ4n) is 3.44. The van der Waals surface area contributed by atoms with E-state index in [1.54, 1.807) is 0 Å². The third kappa shape index (κ3) is 1.55. The van der Waals surface area contributed by atoms with E-state index in [4.69, 9.17) is 10.3 Å². The molecule has 0 saturated heterocycles. The highest BCUT2D eigenvalue weighted by atomic mass is 32.1. The van der Waals surface area contributed by atoms with Crippen LogP contribution in [0.4, 0.5) is 5.13 Å². The first-order valence-corrected chi connectivity index (χ1v) is 7.22. The van der Waals surface area contributed by atoms with Gasteiger partial charge in [0.15, 0.2) is 11.0 Å². The van der Waals surface area contributed by atoms with Gasteiger partial charge in [0.25, 0.3) is 5.89 Å². The maximum atomic E-state index is 5.61. The van der Waals surface area contributed by atoms with Crippen molar-refractivity contribution >= 4 is 16.5 Å². The smallest absolute Gasteiger partial charge is 0.277 e. The summed E-state index contributed by atoms with van der Waals surface area (Å²) >= 11 is 1.39. The van der Waals surface area contributed by atoms with Gasteiger partial charge in [-0.15, -0.1) is 11.3 Å². The van der Waals surface area contributed by atoms with Crippen LogP contribution in [0.2, 0.25) is 0 Å². The van der Waals surface area contributed by atoms with Crippen molar-refractivity contribution in [1.29, 1.82) is 0 Å². The van der Waals surface area contributed by atoms with Gasteiger partial charge >= 0.3 is 0 Å². The molecule has 4 rings (SSSR count). The molecule has 0 amide bonds. The number of nitrogens with zero attached hydrogens (tertiary/aromatic N) is 3. The molecule has 2 fully saturated rings. The largest absolute Gasteiger partial charge is 0.375 e. The van der Waals surface area contributed by atoms with E-state index in [9.17, 15) is 0 Å². The summed E-state index contributed by atoms with van der Waals surface area (Å²) in [6, 6.07) is 0. The van der Waals surface area contributed by atoms with Crippen molar-refractivity contribution in [2.75, 3.05) is 5.73 Å². The Morgan fingerprint density at radius 3 is 2.89 bits per heavy atom. The fourth-order valence-corrected chi connectivity index (χ4v) is 3.97. The number of hydrogen-bond acceptors (Lipinski definition) is 6. The second kappa shape index (κ2) is 3.78. The van der Waals surface area contributed by atoms with Crippen LogP contribution in [0, 0.1) is 11.8 Å². The molecule has 2 heterocycles. The molecule has 0 aromatic carbocycles. The van der Waals surface area contributed by atoms with Gasteiger partial charge in [0.2, 0.25) is 0 Å². The summed E-state index contributed by atoms with van der Waals surface area (Å²) in [5, 5.41) is 6.53. The summed E-state index contributed by atoms with van der Waals surface area (Å²) in [6.07, 6.45) is 5.28. The molecule has 6 heteroatoms. The predicted molar refractivity (Wildman–Crippen MR) is 68.0 cm³/mol. The lowest BCUT2D eigenvalue weighted by molar-refractivity contribution is 0.372. The molecule has 2 aliphatic carbocycles. The van der Waals surface area contributed by atoms with E-state index in [1.807, 2.05) is 5.38 Å². The fraction of sp³-hybridized carbons (Fsp3) is 0.583. The summed E-state index contributed by atoms with van der Waals surface area (Å²) in [5.41, 5.74) is 6.31. The molecule has 3 atom stereocenters. The van der Waals surface area contributed by atoms with Crippen LogP contribution in [0.15, 0.2) is 9.90 Å². The number of anilines is 1. The minimum absolute atomic E-state index is 0.497. The number of fused-ring (bicyclic) bond motifs is 2. The van der Waals surface area contributed by atoms with Crippen LogP contribution >= 0.6 is 11.3 Å². The average Bonchev–Trinajstić information content (AvgIpc) is 3.12. The lowest BCUT2D eigenvalue weighted by atomic mass is 9.88. The summed E-state index contributed by atoms with van der Waals surface area (Å²) in [6.45, 7) is 0. The first kappa shape index (κ1) is 10.5. The van der Waals surface area contributed by atoms with E-state index < -0.39 is 0 Å². The summed E-state index contributed by atoms with van der Waals surface area (Å²) in [7, 11) is 0. The molecule has 2 aliphatic rings. The molecule has 5 nitrogen and oxygen atoms in total. The Morgan fingerprint density at radius 2 is 2.22 bits per heavy atom. The number of hydrogen-bond donors (Lipinski definition) is 1. The van der Waals surface area contributed by atoms with Gasteiger partial charge in [-0.1, -0.05) is 11.6 Å². The van der Waals surface area contributed by atoms with Crippen molar-refractivity contribution in [3.63, 3.8) is 0 Å². The van der Waals surface area contributed by atoms with Gasteiger partial charge < -0.3 is 10.3 Å². The van der Waals surface area contributed by atoms with Crippen LogP contribution < -0.4 is 5.73 Å². The van der Waals surface area contributed by atoms with E-state index in [1.165, 1.54) is 37.0 Å². The first-order chi connectivity index (χ1) is 8.79. The Labute approximate surface area is 108 Å². The molecule has 18 heavy (non-hydrogen) atoms. The van der Waals surface area contributed by atoms with Gasteiger partial charge in [-0.3, -0.25) is 0 Å². The second-order valence-corrected chi connectivity index (χ2v) is 6.20. The van der Waals surface area contributed by atoms with Crippen molar-refractivity contribution in [3.05, 3.63) is 11.2 Å². The Balaban J connectivity index is 1.62. The molecular weight excluding hydrogens is 248 g/mol. The Bertz CT molecular complexity index is 578. The van der Waals surface area contributed by atoms with E-state index in [2.05, 4.69) is 15.1 Å². The van der Waals surface area contributed by atoms with Crippen LogP contribution in [0.3, 0.4) is 0 Å². The van der Waals surface area contributed by atoms with Crippen molar-refractivity contribution in [3.8, 4) is 11.6 Å². The number of nitrogen functional groups attached to an aromatic ring is 1. The summed E-state index contributed by atoms with van der Waals surface area (Å²) in [5.74, 6) is 3.51. The molecule has 0 radical (unpaired) electrons. The van der Waals surface area contributed by atoms with Crippen LogP contribution in [0.5, 0.6) is 0 Å². The SMILES string of the molecule is Nc1nc(-c2nc(C3CC4CCC3C4)no2)cs1. The minimum atomic E-state index is 0.497. The predicted octanol–water partition coefficient (Wildman–Crippen LogP) is 2.68. The van der Waals surface area contributed by atoms with E-state index in [0.29, 0.717) is 22.6 Å². The van der Waals surface area contributed by atoms with E-state index in [0.717, 1.165) is 17.7 Å². The molecule has 94 valence electrons. The van der Waals surface area contributed by atoms with Crippen LogP contribution in [-0.2, 0) is 0 Å². The quantitative estimate of drug-likeness (QED) is 0.900. The zero-order chi connectivity index (χ0) is 12.1. The third-order valence-corrected chi connectivity index (χ3v) is 4.93. The zero-order valence-corrected chi connectivity index (χ0v) is 10.7. The standard InChI is InChI=1S/C12H14N4OS/c13-12-14-9(5-18-12)11-15-10(16-17-11)8-4-6-1-2-7(8)3-6/h5-8H,1-4H2,(H2,13,14). The molecule has 2 N–H and O–H groups in total. The molecule has 0 spiro atoms. The van der Waals surface area contributed by atoms with Gasteiger partial charge in [0.05, 0.1) is 0 Å². The highest BCUT2D eigenvalue weighted by molar-refractivity contribution is 7.13. The van der Waals surface area contributed by atoms with Gasteiger partial charge in [0, 0.05) is 11.3 Å². The Kier molecular flexibility index (Phi) is 2.20. The van der Waals surface area contributed by atoms with Crippen LogP contribution in [0.25, 0.3) is 11.6 Å². The van der Waals surface area contributed by atoms with E-state index in [-0.39, 0.29) is 0 Å². The van der Waals surface area contributed by atoms with E-state index >= 15 is 0 Å². The number of rotatable bonds is 2. The van der Waals surface area contributed by atoms with Gasteiger partial charge in [-0.2, -0.15) is 4.98 Å². The number of nitrogens with two attached hydrogens (primary N) is 1. The van der Waals surface area contributed by atoms with Crippen molar-refractivity contribution in [2.24, 2.45) is 11.8 Å². The summed E-state index contributed by atoms with van der Waals surface area (Å²) < 4.78 is 5.31. The van der Waals surface area contributed by atoms with Crippen molar-refractivity contribution in [1.82, 2.24) is 15.1 Å². The summed E-state index contributed by atoms with van der Waals surface area (Å²) in [4.78, 5) is 8.67. The molecule has 2 bridgehead atoms. The Morgan fingerprint density at radius 1 is 1.28 bits per heavy atom. The van der Waals surface area contributed by atoms with Crippen LogP contribution in [-0.4, -0.2) is 15.1 Å². The normalized spacial score (nSPS) is 30.1. The minimum Gasteiger partial charge on any atom is -0.375 e. The highest BCUT2D eigenvalue weighted by Crippen LogP contribution is 2.52. The molecule has 2 aromatic rings. The molecule has 2 saturated carbocycles. The van der Waals surface area contributed by atoms with Crippen molar-refractivity contribution in [2.45, 2.75) is 31.6 Å².